The summed E-state index contributed by atoms with van der Waals surface area (Å²) < 4.78 is 7.28. The lowest BCUT2D eigenvalue weighted by Crippen LogP contribution is -2.62. The number of aliphatic hydroxyl groups is 1. The minimum Gasteiger partial charge on any atom is -0.444 e. The molecule has 42 heavy (non-hydrogen) atoms. The smallest absolute Gasteiger partial charge is 0.408 e. The van der Waals surface area contributed by atoms with Crippen molar-refractivity contribution in [3.8, 4) is 28.5 Å². The first-order valence-corrected chi connectivity index (χ1v) is 13.9. The van der Waals surface area contributed by atoms with Crippen LogP contribution < -0.4 is 5.32 Å². The normalized spacial score (nSPS) is 20.2. The summed E-state index contributed by atoms with van der Waals surface area (Å²) in [5.74, 6) is 0. The van der Waals surface area contributed by atoms with E-state index in [1.54, 1.807) is 23.7 Å². The van der Waals surface area contributed by atoms with E-state index in [9.17, 15) is 15.2 Å². The molecule has 6 rings (SSSR count). The molecule has 9 nitrogen and oxygen atoms in total. The fourth-order valence-electron chi connectivity index (χ4n) is 5.91. The summed E-state index contributed by atoms with van der Waals surface area (Å²) in [4.78, 5) is 22.4. The standard InChI is InChI=1S/C33H32N6O3/c1-20-13-27-35-17-24-15-26(23-8-6-7-21(14-23)16-34)28(36-29(24)39(27)38-20)22-9-11-25(12-10-22)33(18-32(5,41)19-33)37-30(40)42-31(2,3)4/h6-15,17,41H,18-19H2,1-5H3,(H,37,40). The molecule has 9 heteroatoms. The zero-order valence-corrected chi connectivity index (χ0v) is 24.3. The highest BCUT2D eigenvalue weighted by Crippen LogP contribution is 2.48. The Labute approximate surface area is 243 Å². The van der Waals surface area contributed by atoms with E-state index in [-0.39, 0.29) is 0 Å². The van der Waals surface area contributed by atoms with Crippen molar-refractivity contribution in [1.82, 2.24) is 24.9 Å². The molecule has 0 saturated heterocycles. The molecule has 0 unspecified atom stereocenters. The average Bonchev–Trinajstić information content (AvgIpc) is 3.31. The largest absolute Gasteiger partial charge is 0.444 e. The summed E-state index contributed by atoms with van der Waals surface area (Å²) in [6.07, 6.45) is 1.99. The number of ether oxygens (including phenoxy) is 1. The van der Waals surface area contributed by atoms with Gasteiger partial charge in [0, 0.05) is 41.6 Å². The molecule has 1 fully saturated rings. The molecule has 2 N–H and O–H groups in total. The molecule has 0 atom stereocenters. The van der Waals surface area contributed by atoms with Crippen LogP contribution in [0.4, 0.5) is 4.79 Å². The molecule has 0 radical (unpaired) electrons. The Bertz CT molecular complexity index is 1890. The average molecular weight is 561 g/mol. The Balaban J connectivity index is 1.46. The first-order valence-electron chi connectivity index (χ1n) is 13.9. The van der Waals surface area contributed by atoms with E-state index in [4.69, 9.17) is 9.72 Å². The lowest BCUT2D eigenvalue weighted by Gasteiger charge is -2.52. The molecule has 1 aliphatic rings. The van der Waals surface area contributed by atoms with E-state index in [0.29, 0.717) is 29.7 Å². The summed E-state index contributed by atoms with van der Waals surface area (Å²) in [7, 11) is 0. The van der Waals surface area contributed by atoms with Crippen LogP contribution in [0.3, 0.4) is 0 Å². The van der Waals surface area contributed by atoms with Crippen molar-refractivity contribution in [3.05, 3.63) is 83.7 Å². The van der Waals surface area contributed by atoms with Crippen LogP contribution in [-0.2, 0) is 10.3 Å². The third kappa shape index (κ3) is 5.06. The predicted octanol–water partition coefficient (Wildman–Crippen LogP) is 6.06. The number of pyridine rings is 1. The Morgan fingerprint density at radius 1 is 1.10 bits per heavy atom. The Morgan fingerprint density at radius 2 is 1.83 bits per heavy atom. The molecular formula is C33H32N6O3. The summed E-state index contributed by atoms with van der Waals surface area (Å²) in [5.41, 5.74) is 4.63. The number of carbonyl (C=O) groups excluding carboxylic acids is 1. The SMILES string of the molecule is Cc1cc2ncc3cc(-c4cccc(C#N)c4)c(-c4ccc(C5(NC(=O)OC(C)(C)C)CC(C)(O)C5)cc4)nc3n2n1. The molecule has 1 amide bonds. The van der Waals surface area contributed by atoms with Gasteiger partial charge in [0.25, 0.3) is 0 Å². The number of nitriles is 1. The zero-order chi connectivity index (χ0) is 29.9. The van der Waals surface area contributed by atoms with Gasteiger partial charge in [-0.3, -0.25) is 0 Å². The topological polar surface area (TPSA) is 125 Å². The van der Waals surface area contributed by atoms with Crippen LogP contribution >= 0.6 is 0 Å². The maximum Gasteiger partial charge on any atom is 0.408 e. The Hall–Kier alpha value is -4.81. The number of benzene rings is 2. The molecule has 1 saturated carbocycles. The van der Waals surface area contributed by atoms with Crippen LogP contribution in [0.15, 0.2) is 66.9 Å². The maximum atomic E-state index is 12.8. The van der Waals surface area contributed by atoms with E-state index in [0.717, 1.165) is 39.0 Å². The number of fused-ring (bicyclic) bond motifs is 3. The number of aryl methyl sites for hydroxylation is 1. The third-order valence-corrected chi connectivity index (χ3v) is 7.50. The number of nitrogens with one attached hydrogen (secondary N) is 1. The van der Waals surface area contributed by atoms with Gasteiger partial charge in [-0.25, -0.2) is 14.8 Å². The van der Waals surface area contributed by atoms with E-state index >= 15 is 0 Å². The van der Waals surface area contributed by atoms with Crippen molar-refractivity contribution < 1.29 is 14.6 Å². The van der Waals surface area contributed by atoms with Gasteiger partial charge in [-0.05, 0) is 63.9 Å². The van der Waals surface area contributed by atoms with Gasteiger partial charge >= 0.3 is 6.09 Å². The number of hydrogen-bond acceptors (Lipinski definition) is 7. The first-order chi connectivity index (χ1) is 19.8. The van der Waals surface area contributed by atoms with Crippen molar-refractivity contribution in [2.45, 2.75) is 64.2 Å². The minimum absolute atomic E-state index is 0.364. The second-order valence-electron chi connectivity index (χ2n) is 12.4. The molecule has 2 aromatic carbocycles. The maximum absolute atomic E-state index is 12.8. The summed E-state index contributed by atoms with van der Waals surface area (Å²) in [5, 5.41) is 28.6. The molecule has 5 aromatic rings. The van der Waals surface area contributed by atoms with E-state index in [1.165, 1.54) is 0 Å². The highest BCUT2D eigenvalue weighted by molar-refractivity contribution is 5.91. The molecule has 0 aliphatic heterocycles. The van der Waals surface area contributed by atoms with Crippen molar-refractivity contribution in [2.24, 2.45) is 0 Å². The highest BCUT2D eigenvalue weighted by Gasteiger charge is 2.53. The van der Waals surface area contributed by atoms with Crippen molar-refractivity contribution >= 4 is 22.8 Å². The van der Waals surface area contributed by atoms with Crippen molar-refractivity contribution in [3.63, 3.8) is 0 Å². The number of hydrogen-bond donors (Lipinski definition) is 2. The molecule has 1 aliphatic carbocycles. The fraction of sp³-hybridized carbons (Fsp3) is 0.303. The molecule has 0 spiro atoms. The Morgan fingerprint density at radius 3 is 2.50 bits per heavy atom. The van der Waals surface area contributed by atoms with Crippen molar-refractivity contribution in [2.75, 3.05) is 0 Å². The Kier molecular flexibility index (Phi) is 6.28. The van der Waals surface area contributed by atoms with Gasteiger partial charge in [0.2, 0.25) is 0 Å². The van der Waals surface area contributed by atoms with Crippen LogP contribution in [0.5, 0.6) is 0 Å². The zero-order valence-electron chi connectivity index (χ0n) is 24.3. The van der Waals surface area contributed by atoms with Crippen LogP contribution in [0.25, 0.3) is 39.1 Å². The highest BCUT2D eigenvalue weighted by atomic mass is 16.6. The van der Waals surface area contributed by atoms with Gasteiger partial charge in [-0.15, -0.1) is 0 Å². The van der Waals surface area contributed by atoms with E-state index in [2.05, 4.69) is 21.5 Å². The second kappa shape index (κ2) is 9.64. The minimum atomic E-state index is -0.895. The number of nitrogens with zero attached hydrogens (tertiary/aromatic N) is 5. The van der Waals surface area contributed by atoms with Crippen LogP contribution in [0.1, 0.15) is 57.4 Å². The number of amides is 1. The van der Waals surface area contributed by atoms with Crippen molar-refractivity contribution in [1.29, 1.82) is 5.26 Å². The molecular weight excluding hydrogens is 528 g/mol. The van der Waals surface area contributed by atoms with Crippen LogP contribution in [0, 0.1) is 18.3 Å². The predicted molar refractivity (Wildman–Crippen MR) is 160 cm³/mol. The fourth-order valence-corrected chi connectivity index (χ4v) is 5.91. The van der Waals surface area contributed by atoms with E-state index in [1.807, 2.05) is 82.3 Å². The van der Waals surface area contributed by atoms with Gasteiger partial charge in [0.15, 0.2) is 11.3 Å². The summed E-state index contributed by atoms with van der Waals surface area (Å²) in [6, 6.07) is 21.5. The van der Waals surface area contributed by atoms with Crippen LogP contribution in [0.2, 0.25) is 0 Å². The molecule has 3 heterocycles. The van der Waals surface area contributed by atoms with Crippen LogP contribution in [-0.4, -0.2) is 42.0 Å². The number of alkyl carbamates (subject to hydrolysis) is 1. The number of aromatic nitrogens is 4. The van der Waals surface area contributed by atoms with E-state index < -0.39 is 22.8 Å². The first kappa shape index (κ1) is 27.4. The second-order valence-corrected chi connectivity index (χ2v) is 12.4. The number of carbonyl (C=O) groups is 1. The van der Waals surface area contributed by atoms with Gasteiger partial charge in [-0.2, -0.15) is 14.9 Å². The van der Waals surface area contributed by atoms with Gasteiger partial charge in [0.1, 0.15) is 5.60 Å². The quantitative estimate of drug-likeness (QED) is 0.274. The van der Waals surface area contributed by atoms with Gasteiger partial charge in [0.05, 0.1) is 34.2 Å². The number of rotatable bonds is 4. The molecule has 212 valence electrons. The summed E-state index contributed by atoms with van der Waals surface area (Å²) >= 11 is 0. The lowest BCUT2D eigenvalue weighted by atomic mass is 9.62. The third-order valence-electron chi connectivity index (χ3n) is 7.50. The van der Waals surface area contributed by atoms with Gasteiger partial charge < -0.3 is 15.2 Å². The monoisotopic (exact) mass is 560 g/mol. The lowest BCUT2D eigenvalue weighted by molar-refractivity contribution is -0.0892. The van der Waals surface area contributed by atoms with Gasteiger partial charge in [-0.1, -0.05) is 36.4 Å². The molecule has 3 aromatic heterocycles. The molecule has 0 bridgehead atoms. The summed E-state index contributed by atoms with van der Waals surface area (Å²) in [6.45, 7) is 9.14.